The Morgan fingerprint density at radius 3 is 2.16 bits per heavy atom. The van der Waals surface area contributed by atoms with Crippen molar-refractivity contribution in [2.24, 2.45) is 0 Å². The van der Waals surface area contributed by atoms with Gasteiger partial charge in [0.15, 0.2) is 0 Å². The molecule has 11 heteroatoms. The SMILES string of the molecule is N#Cc1c(-c2ccc([N+](=O)[O-])cc2)c(C#N)c(=O)n(-c2cccc(C(F)(F)F)c2)c1N. The van der Waals surface area contributed by atoms with E-state index >= 15 is 0 Å². The minimum absolute atomic E-state index is 0.138. The number of rotatable bonds is 3. The molecule has 31 heavy (non-hydrogen) atoms. The average molecular weight is 425 g/mol. The van der Waals surface area contributed by atoms with Crippen molar-refractivity contribution in [1.29, 1.82) is 10.5 Å². The molecule has 0 spiro atoms. The van der Waals surface area contributed by atoms with Crippen molar-refractivity contribution in [3.8, 4) is 29.0 Å². The molecule has 0 bridgehead atoms. The first-order chi connectivity index (χ1) is 14.6. The number of nitrogens with two attached hydrogens (primary N) is 1. The molecule has 0 aliphatic carbocycles. The van der Waals surface area contributed by atoms with Gasteiger partial charge in [-0.2, -0.15) is 23.7 Å². The number of nitriles is 2. The van der Waals surface area contributed by atoms with Crippen molar-refractivity contribution in [3.63, 3.8) is 0 Å². The Morgan fingerprint density at radius 1 is 1.03 bits per heavy atom. The van der Waals surface area contributed by atoms with Crippen molar-refractivity contribution >= 4 is 11.5 Å². The zero-order valence-electron chi connectivity index (χ0n) is 15.3. The Labute approximate surface area is 172 Å². The second kappa shape index (κ2) is 7.65. The molecule has 0 fully saturated rings. The quantitative estimate of drug-likeness (QED) is 0.501. The van der Waals surface area contributed by atoms with E-state index in [4.69, 9.17) is 5.73 Å². The molecule has 0 unspecified atom stereocenters. The number of non-ortho nitro benzene ring substituents is 1. The van der Waals surface area contributed by atoms with E-state index in [-0.39, 0.29) is 28.1 Å². The lowest BCUT2D eigenvalue weighted by Crippen LogP contribution is -2.26. The van der Waals surface area contributed by atoms with Crippen LogP contribution in [0.5, 0.6) is 0 Å². The van der Waals surface area contributed by atoms with Gasteiger partial charge >= 0.3 is 6.18 Å². The summed E-state index contributed by atoms with van der Waals surface area (Å²) in [6, 6.07) is 11.9. The van der Waals surface area contributed by atoms with Crippen LogP contribution >= 0.6 is 0 Å². The van der Waals surface area contributed by atoms with Gasteiger partial charge in [0, 0.05) is 17.7 Å². The highest BCUT2D eigenvalue weighted by atomic mass is 19.4. The number of anilines is 1. The third-order valence-corrected chi connectivity index (χ3v) is 4.44. The second-order valence-electron chi connectivity index (χ2n) is 6.23. The van der Waals surface area contributed by atoms with Crippen LogP contribution in [0, 0.1) is 32.8 Å². The first-order valence-corrected chi connectivity index (χ1v) is 8.41. The molecule has 0 aliphatic rings. The summed E-state index contributed by atoms with van der Waals surface area (Å²) in [6.45, 7) is 0. The first-order valence-electron chi connectivity index (χ1n) is 8.41. The van der Waals surface area contributed by atoms with Crippen molar-refractivity contribution in [3.05, 3.63) is 85.7 Å². The number of aromatic nitrogens is 1. The maximum Gasteiger partial charge on any atom is 0.416 e. The lowest BCUT2D eigenvalue weighted by molar-refractivity contribution is -0.384. The van der Waals surface area contributed by atoms with Crippen molar-refractivity contribution in [2.45, 2.75) is 6.18 Å². The number of benzene rings is 2. The van der Waals surface area contributed by atoms with Crippen LogP contribution in [0.4, 0.5) is 24.7 Å². The van der Waals surface area contributed by atoms with E-state index in [2.05, 4.69) is 0 Å². The number of nitrogen functional groups attached to an aromatic ring is 1. The van der Waals surface area contributed by atoms with Crippen LogP contribution in [-0.2, 0) is 6.18 Å². The summed E-state index contributed by atoms with van der Waals surface area (Å²) in [5.41, 5.74) is 2.45. The van der Waals surface area contributed by atoms with Crippen LogP contribution in [0.1, 0.15) is 16.7 Å². The van der Waals surface area contributed by atoms with Gasteiger partial charge in [-0.05, 0) is 35.9 Å². The molecular formula is C20H10F3N5O3. The van der Waals surface area contributed by atoms with Gasteiger partial charge in [-0.25, -0.2) is 0 Å². The van der Waals surface area contributed by atoms with Crippen LogP contribution in [0.3, 0.4) is 0 Å². The van der Waals surface area contributed by atoms with Crippen molar-refractivity contribution in [2.75, 3.05) is 5.73 Å². The Hall–Kier alpha value is -4.64. The summed E-state index contributed by atoms with van der Waals surface area (Å²) >= 11 is 0. The molecule has 0 atom stereocenters. The van der Waals surface area contributed by atoms with Crippen LogP contribution < -0.4 is 11.3 Å². The molecule has 3 rings (SSSR count). The van der Waals surface area contributed by atoms with Crippen LogP contribution in [0.15, 0.2) is 53.3 Å². The zero-order chi connectivity index (χ0) is 22.9. The molecule has 1 aromatic heterocycles. The summed E-state index contributed by atoms with van der Waals surface area (Å²) < 4.78 is 39.9. The minimum atomic E-state index is -4.69. The highest BCUT2D eigenvalue weighted by Crippen LogP contribution is 2.33. The number of nitro benzene ring substituents is 1. The molecular weight excluding hydrogens is 415 g/mol. The van der Waals surface area contributed by atoms with E-state index in [1.54, 1.807) is 12.1 Å². The number of nitro groups is 1. The van der Waals surface area contributed by atoms with E-state index in [1.165, 1.54) is 18.2 Å². The summed E-state index contributed by atoms with van der Waals surface area (Å²) in [5, 5.41) is 30.0. The minimum Gasteiger partial charge on any atom is -0.384 e. The van der Waals surface area contributed by atoms with E-state index in [0.29, 0.717) is 10.6 Å². The van der Waals surface area contributed by atoms with Crippen LogP contribution in [0.25, 0.3) is 16.8 Å². The topological polar surface area (TPSA) is 139 Å². The normalized spacial score (nSPS) is 10.9. The van der Waals surface area contributed by atoms with Crippen molar-refractivity contribution in [1.82, 2.24) is 4.57 Å². The van der Waals surface area contributed by atoms with Crippen LogP contribution in [-0.4, -0.2) is 9.49 Å². The lowest BCUT2D eigenvalue weighted by Gasteiger charge is -2.17. The van der Waals surface area contributed by atoms with Gasteiger partial charge in [-0.15, -0.1) is 0 Å². The molecule has 0 saturated heterocycles. The van der Waals surface area contributed by atoms with Gasteiger partial charge in [-0.1, -0.05) is 6.07 Å². The predicted molar refractivity (Wildman–Crippen MR) is 103 cm³/mol. The van der Waals surface area contributed by atoms with Gasteiger partial charge in [-0.3, -0.25) is 19.5 Å². The predicted octanol–water partition coefficient (Wildman–Crippen LogP) is 3.76. The van der Waals surface area contributed by atoms with E-state index in [0.717, 1.165) is 24.3 Å². The molecule has 0 radical (unpaired) electrons. The molecule has 1 heterocycles. The summed E-state index contributed by atoms with van der Waals surface area (Å²) in [6.07, 6.45) is -4.69. The molecule has 2 aromatic carbocycles. The molecule has 154 valence electrons. The summed E-state index contributed by atoms with van der Waals surface area (Å²) in [7, 11) is 0. The maximum absolute atomic E-state index is 13.1. The summed E-state index contributed by atoms with van der Waals surface area (Å²) in [4.78, 5) is 23.2. The van der Waals surface area contributed by atoms with Gasteiger partial charge < -0.3 is 5.73 Å². The number of hydrogen-bond donors (Lipinski definition) is 1. The Bertz CT molecular complexity index is 1350. The van der Waals surface area contributed by atoms with Crippen LogP contribution in [0.2, 0.25) is 0 Å². The Kier molecular flexibility index (Phi) is 5.20. The van der Waals surface area contributed by atoms with E-state index in [9.17, 15) is 38.6 Å². The Balaban J connectivity index is 2.35. The smallest absolute Gasteiger partial charge is 0.384 e. The van der Waals surface area contributed by atoms with Gasteiger partial charge in [0.05, 0.1) is 16.2 Å². The standard InChI is InChI=1S/C20H10F3N5O3/c21-20(22,23)12-2-1-3-14(8-12)27-18(26)15(9-24)17(16(10-25)19(27)29)11-4-6-13(7-5-11)28(30)31/h1-8H,26H2. The van der Waals surface area contributed by atoms with Gasteiger partial charge in [0.1, 0.15) is 29.1 Å². The van der Waals surface area contributed by atoms with E-state index in [1.807, 2.05) is 0 Å². The zero-order valence-corrected chi connectivity index (χ0v) is 15.3. The highest BCUT2D eigenvalue weighted by molar-refractivity contribution is 5.81. The lowest BCUT2D eigenvalue weighted by atomic mass is 9.96. The fourth-order valence-electron chi connectivity index (χ4n) is 3.03. The summed E-state index contributed by atoms with van der Waals surface area (Å²) in [5.74, 6) is -0.473. The number of hydrogen-bond acceptors (Lipinski definition) is 6. The largest absolute Gasteiger partial charge is 0.416 e. The number of halogens is 3. The molecule has 2 N–H and O–H groups in total. The second-order valence-corrected chi connectivity index (χ2v) is 6.23. The fraction of sp³-hybridized carbons (Fsp3) is 0.0500. The average Bonchev–Trinajstić information content (AvgIpc) is 2.73. The first kappa shape index (κ1) is 21.1. The number of pyridine rings is 1. The van der Waals surface area contributed by atoms with Gasteiger partial charge in [0.25, 0.3) is 11.2 Å². The molecule has 0 aliphatic heterocycles. The molecule has 0 saturated carbocycles. The fourth-order valence-corrected chi connectivity index (χ4v) is 3.03. The molecule has 3 aromatic rings. The highest BCUT2D eigenvalue weighted by Gasteiger charge is 2.31. The van der Waals surface area contributed by atoms with E-state index < -0.39 is 33.6 Å². The number of nitrogens with zero attached hydrogens (tertiary/aromatic N) is 4. The third-order valence-electron chi connectivity index (χ3n) is 4.44. The van der Waals surface area contributed by atoms with Gasteiger partial charge in [0.2, 0.25) is 0 Å². The monoisotopic (exact) mass is 425 g/mol. The van der Waals surface area contributed by atoms with Crippen molar-refractivity contribution < 1.29 is 18.1 Å². The molecule has 8 nitrogen and oxygen atoms in total. The number of alkyl halides is 3. The third kappa shape index (κ3) is 3.68. The molecule has 0 amide bonds. The Morgan fingerprint density at radius 2 is 1.65 bits per heavy atom. The maximum atomic E-state index is 13.1.